The van der Waals surface area contributed by atoms with Crippen molar-refractivity contribution in [1.29, 1.82) is 0 Å². The third-order valence-electron chi connectivity index (χ3n) is 2.94. The van der Waals surface area contributed by atoms with Gasteiger partial charge in [0.15, 0.2) is 0 Å². The smallest absolute Gasteiger partial charge is 0.277 e. The summed E-state index contributed by atoms with van der Waals surface area (Å²) in [4.78, 5) is 13.6. The minimum absolute atomic E-state index is 0.232. The molecule has 1 amide bonds. The Morgan fingerprint density at radius 3 is 2.79 bits per heavy atom. The van der Waals surface area contributed by atoms with Crippen molar-refractivity contribution in [1.82, 2.24) is 9.44 Å². The van der Waals surface area contributed by atoms with E-state index in [-0.39, 0.29) is 19.0 Å². The summed E-state index contributed by atoms with van der Waals surface area (Å²) in [6.07, 6.45) is 0.807. The minimum atomic E-state index is -3.58. The number of benzene rings is 1. The Hall–Kier alpha value is -1.44. The second-order valence-electron chi connectivity index (χ2n) is 4.25. The monoisotopic (exact) mass is 283 g/mol. The molecule has 0 aliphatic carbocycles. The van der Waals surface area contributed by atoms with Gasteiger partial charge in [-0.25, -0.2) is 4.72 Å². The molecule has 1 aliphatic heterocycles. The zero-order valence-corrected chi connectivity index (χ0v) is 11.5. The maximum atomic E-state index is 12.0. The van der Waals surface area contributed by atoms with E-state index in [1.54, 1.807) is 11.8 Å². The van der Waals surface area contributed by atoms with Gasteiger partial charge in [0, 0.05) is 18.8 Å². The quantitative estimate of drug-likeness (QED) is 0.799. The van der Waals surface area contributed by atoms with Crippen molar-refractivity contribution in [3.8, 4) is 0 Å². The largest absolute Gasteiger partial charge is 0.311 e. The minimum Gasteiger partial charge on any atom is -0.311 e. The molecule has 7 heteroatoms. The molecule has 1 aromatic rings. The van der Waals surface area contributed by atoms with Crippen LogP contribution in [-0.2, 0) is 21.4 Å². The molecule has 6 nitrogen and oxygen atoms in total. The average molecular weight is 283 g/mol. The highest BCUT2D eigenvalue weighted by Gasteiger charge is 2.24. The third kappa shape index (κ3) is 3.31. The summed E-state index contributed by atoms with van der Waals surface area (Å²) in [6.45, 7) is 2.33. The Bertz CT molecular complexity index is 571. The molecule has 0 radical (unpaired) electrons. The predicted octanol–water partition coefficient (Wildman–Crippen LogP) is 0.0196. The third-order valence-corrected chi connectivity index (χ3v) is 4.13. The fraction of sp³-hybridized carbons (Fsp3) is 0.417. The molecule has 0 aromatic heterocycles. The first-order chi connectivity index (χ1) is 9.03. The zero-order chi connectivity index (χ0) is 13.9. The van der Waals surface area contributed by atoms with E-state index in [1.165, 1.54) is 0 Å². The Balaban J connectivity index is 1.99. The fourth-order valence-electron chi connectivity index (χ4n) is 2.09. The number of hydrogen-bond acceptors (Lipinski definition) is 3. The van der Waals surface area contributed by atoms with E-state index >= 15 is 0 Å². The molecule has 0 saturated carbocycles. The molecule has 0 spiro atoms. The Morgan fingerprint density at radius 1 is 1.32 bits per heavy atom. The SMILES string of the molecule is CCNS(=O)(=O)NCC(=O)N1CCc2ccccc21. The predicted molar refractivity (Wildman–Crippen MR) is 73.1 cm³/mol. The van der Waals surface area contributed by atoms with Crippen LogP contribution in [0.15, 0.2) is 24.3 Å². The van der Waals surface area contributed by atoms with Crippen LogP contribution in [0.3, 0.4) is 0 Å². The lowest BCUT2D eigenvalue weighted by Crippen LogP contribution is -2.43. The number of carbonyl (C=O) groups is 1. The van der Waals surface area contributed by atoms with E-state index in [1.807, 2.05) is 24.3 Å². The van der Waals surface area contributed by atoms with Gasteiger partial charge in [-0.1, -0.05) is 25.1 Å². The molecule has 0 fully saturated rings. The summed E-state index contributed by atoms with van der Waals surface area (Å²) in [6, 6.07) is 7.65. The molecule has 19 heavy (non-hydrogen) atoms. The van der Waals surface area contributed by atoms with Gasteiger partial charge in [0.1, 0.15) is 0 Å². The molecule has 0 bridgehead atoms. The van der Waals surface area contributed by atoms with E-state index in [9.17, 15) is 13.2 Å². The van der Waals surface area contributed by atoms with Gasteiger partial charge in [0.05, 0.1) is 6.54 Å². The van der Waals surface area contributed by atoms with Crippen LogP contribution in [0.1, 0.15) is 12.5 Å². The van der Waals surface area contributed by atoms with Crippen LogP contribution in [0.25, 0.3) is 0 Å². The van der Waals surface area contributed by atoms with Crippen molar-refractivity contribution in [2.24, 2.45) is 0 Å². The van der Waals surface area contributed by atoms with Gasteiger partial charge in [-0.2, -0.15) is 13.1 Å². The van der Waals surface area contributed by atoms with Crippen molar-refractivity contribution in [2.45, 2.75) is 13.3 Å². The molecule has 1 heterocycles. The molecule has 0 atom stereocenters. The molecule has 0 unspecified atom stereocenters. The average Bonchev–Trinajstić information content (AvgIpc) is 2.80. The van der Waals surface area contributed by atoms with Crippen molar-refractivity contribution in [3.05, 3.63) is 29.8 Å². The molecule has 104 valence electrons. The number of carbonyl (C=O) groups excluding carboxylic acids is 1. The molecular formula is C12H17N3O3S. The van der Waals surface area contributed by atoms with Crippen LogP contribution in [0.2, 0.25) is 0 Å². The summed E-state index contributed by atoms with van der Waals surface area (Å²) in [5.41, 5.74) is 1.99. The van der Waals surface area contributed by atoms with Crippen LogP contribution in [0, 0.1) is 0 Å². The summed E-state index contributed by atoms with van der Waals surface area (Å²) in [5, 5.41) is 0. The van der Waals surface area contributed by atoms with Gasteiger partial charge in [-0.3, -0.25) is 4.79 Å². The van der Waals surface area contributed by atoms with Gasteiger partial charge in [0.25, 0.3) is 10.2 Å². The van der Waals surface area contributed by atoms with Crippen LogP contribution >= 0.6 is 0 Å². The molecule has 0 saturated heterocycles. The number of rotatable bonds is 5. The van der Waals surface area contributed by atoms with E-state index in [2.05, 4.69) is 9.44 Å². The van der Waals surface area contributed by atoms with Crippen LogP contribution in [0.4, 0.5) is 5.69 Å². The lowest BCUT2D eigenvalue weighted by Gasteiger charge is -2.17. The van der Waals surface area contributed by atoms with E-state index < -0.39 is 10.2 Å². The summed E-state index contributed by atoms with van der Waals surface area (Å²) < 4.78 is 27.3. The topological polar surface area (TPSA) is 78.5 Å². The Morgan fingerprint density at radius 2 is 2.05 bits per heavy atom. The standard InChI is InChI=1S/C12H17N3O3S/c1-2-13-19(17,18)14-9-12(16)15-8-7-10-5-3-4-6-11(10)15/h3-6,13-14H,2,7-9H2,1H3. The van der Waals surface area contributed by atoms with Crippen molar-refractivity contribution >= 4 is 21.8 Å². The second-order valence-corrected chi connectivity index (χ2v) is 5.83. The first-order valence-corrected chi connectivity index (χ1v) is 7.64. The van der Waals surface area contributed by atoms with E-state index in [0.717, 1.165) is 17.7 Å². The lowest BCUT2D eigenvalue weighted by molar-refractivity contribution is -0.117. The van der Waals surface area contributed by atoms with Gasteiger partial charge < -0.3 is 4.90 Å². The zero-order valence-electron chi connectivity index (χ0n) is 10.7. The Labute approximate surface area is 113 Å². The van der Waals surface area contributed by atoms with Crippen LogP contribution in [-0.4, -0.2) is 34.0 Å². The Kier molecular flexibility index (Phi) is 4.18. The number of anilines is 1. The second kappa shape index (κ2) is 5.68. The normalized spacial score (nSPS) is 14.5. The van der Waals surface area contributed by atoms with Crippen molar-refractivity contribution in [3.63, 3.8) is 0 Å². The maximum absolute atomic E-state index is 12.0. The number of nitrogens with zero attached hydrogens (tertiary/aromatic N) is 1. The molecule has 2 N–H and O–H groups in total. The van der Waals surface area contributed by atoms with E-state index in [4.69, 9.17) is 0 Å². The first kappa shape index (κ1) is 14.0. The van der Waals surface area contributed by atoms with E-state index in [0.29, 0.717) is 6.54 Å². The van der Waals surface area contributed by atoms with Crippen LogP contribution in [0.5, 0.6) is 0 Å². The fourth-order valence-corrected chi connectivity index (χ4v) is 2.89. The van der Waals surface area contributed by atoms with Crippen molar-refractivity contribution < 1.29 is 13.2 Å². The van der Waals surface area contributed by atoms with Gasteiger partial charge in [-0.05, 0) is 18.1 Å². The highest BCUT2D eigenvalue weighted by molar-refractivity contribution is 7.87. The molecule has 1 aromatic carbocycles. The highest BCUT2D eigenvalue weighted by atomic mass is 32.2. The summed E-state index contributed by atoms with van der Waals surface area (Å²) >= 11 is 0. The molecule has 2 rings (SSSR count). The lowest BCUT2D eigenvalue weighted by atomic mass is 10.2. The number of hydrogen-bond donors (Lipinski definition) is 2. The number of para-hydroxylation sites is 1. The number of amides is 1. The van der Waals surface area contributed by atoms with Gasteiger partial charge in [0.2, 0.25) is 5.91 Å². The molecule has 1 aliphatic rings. The molecular weight excluding hydrogens is 266 g/mol. The summed E-state index contributed by atoms with van der Waals surface area (Å²) in [7, 11) is -3.58. The summed E-state index contributed by atoms with van der Waals surface area (Å²) in [5.74, 6) is -0.244. The number of nitrogens with one attached hydrogen (secondary N) is 2. The van der Waals surface area contributed by atoms with Crippen molar-refractivity contribution in [2.75, 3.05) is 24.5 Å². The van der Waals surface area contributed by atoms with Crippen LogP contribution < -0.4 is 14.3 Å². The maximum Gasteiger partial charge on any atom is 0.277 e. The van der Waals surface area contributed by atoms with Gasteiger partial charge in [-0.15, -0.1) is 0 Å². The highest BCUT2D eigenvalue weighted by Crippen LogP contribution is 2.27. The van der Waals surface area contributed by atoms with Gasteiger partial charge >= 0.3 is 0 Å². The number of fused-ring (bicyclic) bond motifs is 1. The first-order valence-electron chi connectivity index (χ1n) is 6.16.